The maximum absolute atomic E-state index is 11.4. The number of carbonyl (C=O) groups excluding carboxylic acids is 2. The molecule has 1 rings (SSSR count). The summed E-state index contributed by atoms with van der Waals surface area (Å²) >= 11 is 17.3. The van der Waals surface area contributed by atoms with Gasteiger partial charge < -0.3 is 9.53 Å². The van der Waals surface area contributed by atoms with Crippen molar-refractivity contribution in [1.82, 2.24) is 0 Å². The topological polar surface area (TPSA) is 43.4 Å². The van der Waals surface area contributed by atoms with Gasteiger partial charge in [-0.3, -0.25) is 4.79 Å². The molecule has 0 aliphatic rings. The fourth-order valence-corrected chi connectivity index (χ4v) is 1.61. The number of Topliss-reactive ketones (excluding diaryl/α,β-unsaturated/α-hetero) is 1. The number of hydrogen-bond donors (Lipinski definition) is 0. The summed E-state index contributed by atoms with van der Waals surface area (Å²) in [7, 11) is 0. The van der Waals surface area contributed by atoms with Crippen LogP contribution >= 0.6 is 34.8 Å². The summed E-state index contributed by atoms with van der Waals surface area (Å²) in [6.07, 6.45) is 0.143. The number of esters is 1. The van der Waals surface area contributed by atoms with Crippen molar-refractivity contribution in [3.05, 3.63) is 27.2 Å². The van der Waals surface area contributed by atoms with Crippen molar-refractivity contribution in [2.24, 2.45) is 0 Å². The number of carbonyl (C=O) groups is 2. The second kappa shape index (κ2) is 6.24. The van der Waals surface area contributed by atoms with E-state index in [9.17, 15) is 9.59 Å². The molecule has 92 valence electrons. The van der Waals surface area contributed by atoms with E-state index >= 15 is 0 Å². The molecule has 0 bridgehead atoms. The highest BCUT2D eigenvalue weighted by molar-refractivity contribution is 6.43. The van der Waals surface area contributed by atoms with Crippen LogP contribution in [0.15, 0.2) is 12.1 Å². The lowest BCUT2D eigenvalue weighted by Gasteiger charge is -2.07. The number of rotatable bonds is 4. The molecule has 3 nitrogen and oxygen atoms in total. The molecule has 0 unspecified atom stereocenters. The largest absolute Gasteiger partial charge is 0.425 e. The van der Waals surface area contributed by atoms with Gasteiger partial charge >= 0.3 is 5.97 Å². The second-order valence-electron chi connectivity index (χ2n) is 3.37. The number of ether oxygens (including phenoxy) is 1. The molecule has 1 aromatic carbocycles. The zero-order valence-electron chi connectivity index (χ0n) is 8.93. The Balaban J connectivity index is 2.71. The molecule has 1 aromatic rings. The first-order valence-electron chi connectivity index (χ1n) is 4.75. The molecule has 0 saturated heterocycles. The van der Waals surface area contributed by atoms with Crippen LogP contribution in [0, 0.1) is 0 Å². The van der Waals surface area contributed by atoms with Crippen LogP contribution in [0.3, 0.4) is 0 Å². The Morgan fingerprint density at radius 2 is 1.65 bits per heavy atom. The summed E-state index contributed by atoms with van der Waals surface area (Å²) in [6.45, 7) is 1.40. The molecule has 0 spiro atoms. The summed E-state index contributed by atoms with van der Waals surface area (Å²) in [5.41, 5.74) is 0. The van der Waals surface area contributed by atoms with Crippen LogP contribution in [0.4, 0.5) is 0 Å². The summed E-state index contributed by atoms with van der Waals surface area (Å²) in [6, 6.07) is 2.75. The van der Waals surface area contributed by atoms with Gasteiger partial charge in [-0.05, 0) is 13.0 Å². The molecule has 0 saturated carbocycles. The minimum atomic E-state index is -0.541. The molecule has 0 aromatic heterocycles. The molecule has 0 atom stereocenters. The molecule has 0 N–H and O–H groups in total. The summed E-state index contributed by atoms with van der Waals surface area (Å²) in [5, 5.41) is 0.709. The van der Waals surface area contributed by atoms with Crippen molar-refractivity contribution < 1.29 is 14.3 Å². The van der Waals surface area contributed by atoms with Crippen molar-refractivity contribution in [1.29, 1.82) is 0 Å². The molecule has 17 heavy (non-hydrogen) atoms. The Hall–Kier alpha value is -0.770. The van der Waals surface area contributed by atoms with Crippen molar-refractivity contribution in [3.8, 4) is 5.75 Å². The van der Waals surface area contributed by atoms with E-state index in [2.05, 4.69) is 0 Å². The third-order valence-electron chi connectivity index (χ3n) is 1.88. The van der Waals surface area contributed by atoms with Crippen LogP contribution in [0.5, 0.6) is 5.75 Å². The standard InChI is InChI=1S/C11H9Cl3O3/c1-6(15)2-3-11(16)17-10-5-8(13)7(12)4-9(10)14/h4-5H,2-3H2,1H3. The van der Waals surface area contributed by atoms with E-state index in [-0.39, 0.29) is 39.4 Å². The number of halogens is 3. The molecule has 0 fully saturated rings. The van der Waals surface area contributed by atoms with Crippen molar-refractivity contribution in [3.63, 3.8) is 0 Å². The maximum atomic E-state index is 11.4. The molecular weight excluding hydrogens is 286 g/mol. The molecular formula is C11H9Cl3O3. The highest BCUT2D eigenvalue weighted by Gasteiger charge is 2.12. The summed E-state index contributed by atoms with van der Waals surface area (Å²) < 4.78 is 4.97. The van der Waals surface area contributed by atoms with Gasteiger partial charge in [0, 0.05) is 12.5 Å². The van der Waals surface area contributed by atoms with Crippen LogP contribution in [0.25, 0.3) is 0 Å². The zero-order chi connectivity index (χ0) is 13.0. The Labute approximate surface area is 114 Å². The van der Waals surface area contributed by atoms with Gasteiger partial charge in [0.25, 0.3) is 0 Å². The van der Waals surface area contributed by atoms with E-state index in [4.69, 9.17) is 39.5 Å². The lowest BCUT2D eigenvalue weighted by molar-refractivity contribution is -0.135. The van der Waals surface area contributed by atoms with E-state index in [1.165, 1.54) is 19.1 Å². The lowest BCUT2D eigenvalue weighted by atomic mass is 10.2. The molecule has 0 amide bonds. The van der Waals surface area contributed by atoms with Gasteiger partial charge in [0.1, 0.15) is 5.78 Å². The predicted molar refractivity (Wildman–Crippen MR) is 67.0 cm³/mol. The molecule has 6 heteroatoms. The second-order valence-corrected chi connectivity index (χ2v) is 4.59. The summed E-state index contributed by atoms with van der Waals surface area (Å²) in [4.78, 5) is 22.1. The normalized spacial score (nSPS) is 10.1. The van der Waals surface area contributed by atoms with E-state index in [1.54, 1.807) is 0 Å². The Morgan fingerprint density at radius 3 is 2.24 bits per heavy atom. The zero-order valence-corrected chi connectivity index (χ0v) is 11.2. The highest BCUT2D eigenvalue weighted by atomic mass is 35.5. The Morgan fingerprint density at radius 1 is 1.06 bits per heavy atom. The SMILES string of the molecule is CC(=O)CCC(=O)Oc1cc(Cl)c(Cl)cc1Cl. The quantitative estimate of drug-likeness (QED) is 0.480. The van der Waals surface area contributed by atoms with Gasteiger partial charge in [-0.15, -0.1) is 0 Å². The van der Waals surface area contributed by atoms with E-state index in [0.717, 1.165) is 0 Å². The predicted octanol–water partition coefficient (Wildman–Crippen LogP) is 3.92. The van der Waals surface area contributed by atoms with Gasteiger partial charge in [-0.2, -0.15) is 0 Å². The fourth-order valence-electron chi connectivity index (χ4n) is 1.03. The van der Waals surface area contributed by atoms with Crippen molar-refractivity contribution in [2.45, 2.75) is 19.8 Å². The van der Waals surface area contributed by atoms with Gasteiger partial charge in [-0.1, -0.05) is 34.8 Å². The average molecular weight is 296 g/mol. The Kier molecular flexibility index (Phi) is 5.25. The van der Waals surface area contributed by atoms with Gasteiger partial charge in [-0.25, -0.2) is 0 Å². The van der Waals surface area contributed by atoms with E-state index < -0.39 is 5.97 Å². The number of ketones is 1. The fraction of sp³-hybridized carbons (Fsp3) is 0.273. The molecule has 0 radical (unpaired) electrons. The van der Waals surface area contributed by atoms with Crippen molar-refractivity contribution >= 4 is 46.6 Å². The molecule has 0 heterocycles. The Bertz CT molecular complexity index is 458. The van der Waals surface area contributed by atoms with E-state index in [0.29, 0.717) is 0 Å². The third kappa shape index (κ3) is 4.54. The monoisotopic (exact) mass is 294 g/mol. The average Bonchev–Trinajstić information content (AvgIpc) is 2.23. The first-order valence-corrected chi connectivity index (χ1v) is 5.88. The lowest BCUT2D eigenvalue weighted by Crippen LogP contribution is -2.09. The van der Waals surface area contributed by atoms with Crippen LogP contribution in [-0.2, 0) is 9.59 Å². The molecule has 0 aliphatic carbocycles. The highest BCUT2D eigenvalue weighted by Crippen LogP contribution is 2.34. The van der Waals surface area contributed by atoms with Crippen LogP contribution in [-0.4, -0.2) is 11.8 Å². The smallest absolute Gasteiger partial charge is 0.311 e. The minimum absolute atomic E-state index is 0.00586. The van der Waals surface area contributed by atoms with Crippen LogP contribution in [0.1, 0.15) is 19.8 Å². The molecule has 0 aliphatic heterocycles. The van der Waals surface area contributed by atoms with Crippen LogP contribution < -0.4 is 4.74 Å². The maximum Gasteiger partial charge on any atom is 0.311 e. The van der Waals surface area contributed by atoms with Gasteiger partial charge in [0.15, 0.2) is 5.75 Å². The minimum Gasteiger partial charge on any atom is -0.425 e. The number of hydrogen-bond acceptors (Lipinski definition) is 3. The first-order chi connectivity index (χ1) is 7.90. The van der Waals surface area contributed by atoms with Crippen LogP contribution in [0.2, 0.25) is 15.1 Å². The van der Waals surface area contributed by atoms with Gasteiger partial charge in [0.2, 0.25) is 0 Å². The number of benzene rings is 1. The summed E-state index contributed by atoms with van der Waals surface area (Å²) in [5.74, 6) is -0.489. The van der Waals surface area contributed by atoms with Crippen molar-refractivity contribution in [2.75, 3.05) is 0 Å². The van der Waals surface area contributed by atoms with E-state index in [1.807, 2.05) is 0 Å². The van der Waals surface area contributed by atoms with Gasteiger partial charge in [0.05, 0.1) is 21.5 Å². The third-order valence-corrected chi connectivity index (χ3v) is 2.90. The first kappa shape index (κ1) is 14.3.